The third-order valence-corrected chi connectivity index (χ3v) is 6.31. The van der Waals surface area contributed by atoms with Crippen LogP contribution in [0.3, 0.4) is 0 Å². The van der Waals surface area contributed by atoms with Crippen LogP contribution in [0.5, 0.6) is 17.2 Å². The first-order chi connectivity index (χ1) is 15.2. The number of benzene rings is 1. The molecule has 2 unspecified atom stereocenters. The van der Waals surface area contributed by atoms with Gasteiger partial charge in [-0.05, 0) is 36.6 Å². The van der Waals surface area contributed by atoms with E-state index in [1.54, 1.807) is 24.5 Å². The van der Waals surface area contributed by atoms with Crippen LogP contribution in [-0.4, -0.2) is 66.0 Å². The van der Waals surface area contributed by atoms with Gasteiger partial charge in [0.15, 0.2) is 17.3 Å². The van der Waals surface area contributed by atoms with Crippen LogP contribution < -0.4 is 19.5 Å². The Balaban J connectivity index is 1.90. The first-order valence-corrected chi connectivity index (χ1v) is 11.9. The standard InChI is InChI=1S/C22H28N2O7S/c1-28-18-8-7-16(20(29-2)21(18)30-3)19(25)17-12-22(14-24-17,9-11-31-32(4,26)27)15-6-5-10-23-13-15/h5-8,10,13,17,24H,9,11-12,14H2,1-4H3. The fourth-order valence-electron chi connectivity index (χ4n) is 4.14. The average Bonchev–Trinajstić information content (AvgIpc) is 3.22. The number of ether oxygens (including phenoxy) is 3. The minimum Gasteiger partial charge on any atom is -0.493 e. The average molecular weight is 465 g/mol. The van der Waals surface area contributed by atoms with E-state index >= 15 is 0 Å². The molecule has 0 saturated carbocycles. The van der Waals surface area contributed by atoms with Crippen LogP contribution in [0, 0.1) is 0 Å². The van der Waals surface area contributed by atoms with Gasteiger partial charge in [0.2, 0.25) is 5.75 Å². The molecule has 1 saturated heterocycles. The molecule has 1 N–H and O–H groups in total. The fraction of sp³-hybridized carbons (Fsp3) is 0.455. The topological polar surface area (TPSA) is 113 Å². The second kappa shape index (κ2) is 9.85. The monoisotopic (exact) mass is 464 g/mol. The van der Waals surface area contributed by atoms with E-state index in [2.05, 4.69) is 10.3 Å². The van der Waals surface area contributed by atoms with Crippen molar-refractivity contribution in [2.45, 2.75) is 24.3 Å². The molecule has 2 aromatic rings. The van der Waals surface area contributed by atoms with E-state index in [9.17, 15) is 13.2 Å². The van der Waals surface area contributed by atoms with Gasteiger partial charge in [0.05, 0.1) is 45.8 Å². The molecule has 0 aliphatic carbocycles. The molecule has 2 atom stereocenters. The Morgan fingerprint density at radius 3 is 2.50 bits per heavy atom. The van der Waals surface area contributed by atoms with Crippen molar-refractivity contribution in [3.8, 4) is 17.2 Å². The largest absolute Gasteiger partial charge is 0.493 e. The van der Waals surface area contributed by atoms with Gasteiger partial charge in [-0.1, -0.05) is 6.07 Å². The molecule has 2 heterocycles. The zero-order valence-corrected chi connectivity index (χ0v) is 19.4. The third-order valence-electron chi connectivity index (χ3n) is 5.72. The molecule has 32 heavy (non-hydrogen) atoms. The van der Waals surface area contributed by atoms with E-state index in [1.165, 1.54) is 21.3 Å². The van der Waals surface area contributed by atoms with Crippen LogP contribution in [0.15, 0.2) is 36.7 Å². The van der Waals surface area contributed by atoms with E-state index in [-0.39, 0.29) is 12.4 Å². The van der Waals surface area contributed by atoms with Crippen LogP contribution in [-0.2, 0) is 19.7 Å². The first kappa shape index (κ1) is 24.0. The summed E-state index contributed by atoms with van der Waals surface area (Å²) in [5.74, 6) is 0.956. The minimum atomic E-state index is -3.57. The minimum absolute atomic E-state index is 0.00992. The molecule has 1 aromatic heterocycles. The number of aromatic nitrogens is 1. The van der Waals surface area contributed by atoms with Crippen molar-refractivity contribution in [3.63, 3.8) is 0 Å². The van der Waals surface area contributed by atoms with Gasteiger partial charge in [0.25, 0.3) is 10.1 Å². The van der Waals surface area contributed by atoms with Gasteiger partial charge in [0.1, 0.15) is 0 Å². The molecule has 3 rings (SSSR count). The zero-order valence-electron chi connectivity index (χ0n) is 18.6. The van der Waals surface area contributed by atoms with Gasteiger partial charge in [-0.15, -0.1) is 0 Å². The molecule has 1 fully saturated rings. The lowest BCUT2D eigenvalue weighted by atomic mass is 9.76. The Morgan fingerprint density at radius 2 is 1.91 bits per heavy atom. The van der Waals surface area contributed by atoms with Crippen molar-refractivity contribution < 1.29 is 31.6 Å². The van der Waals surface area contributed by atoms with E-state index in [4.69, 9.17) is 18.4 Å². The summed E-state index contributed by atoms with van der Waals surface area (Å²) in [6.45, 7) is 0.480. The molecule has 1 aliphatic heterocycles. The number of pyridine rings is 1. The summed E-state index contributed by atoms with van der Waals surface area (Å²) in [5, 5.41) is 3.30. The number of ketones is 1. The number of Topliss-reactive ketones (excluding diaryl/α,β-unsaturated/α-hetero) is 1. The van der Waals surface area contributed by atoms with Crippen molar-refractivity contribution in [1.82, 2.24) is 10.3 Å². The van der Waals surface area contributed by atoms with Gasteiger partial charge < -0.3 is 19.5 Å². The van der Waals surface area contributed by atoms with E-state index < -0.39 is 21.6 Å². The van der Waals surface area contributed by atoms with Crippen LogP contribution in [0.25, 0.3) is 0 Å². The van der Waals surface area contributed by atoms with Crippen LogP contribution in [0.4, 0.5) is 0 Å². The molecule has 1 aromatic carbocycles. The summed E-state index contributed by atoms with van der Waals surface area (Å²) in [7, 11) is 0.900. The molecular formula is C22H28N2O7S. The molecule has 0 spiro atoms. The highest BCUT2D eigenvalue weighted by atomic mass is 32.2. The number of nitrogens with one attached hydrogen (secondary N) is 1. The highest BCUT2D eigenvalue weighted by Gasteiger charge is 2.44. The number of carbonyl (C=O) groups excluding carboxylic acids is 1. The molecule has 1 aliphatic rings. The summed E-state index contributed by atoms with van der Waals surface area (Å²) < 4.78 is 44.1. The summed E-state index contributed by atoms with van der Waals surface area (Å²) >= 11 is 0. The normalized spacial score (nSPS) is 20.7. The smallest absolute Gasteiger partial charge is 0.264 e. The summed E-state index contributed by atoms with van der Waals surface area (Å²) in [6, 6.07) is 6.55. The van der Waals surface area contributed by atoms with Gasteiger partial charge >= 0.3 is 0 Å². The number of methoxy groups -OCH3 is 3. The number of carbonyl (C=O) groups is 1. The van der Waals surface area contributed by atoms with Crippen LogP contribution in [0.2, 0.25) is 0 Å². The number of nitrogens with zero attached hydrogens (tertiary/aromatic N) is 1. The molecule has 174 valence electrons. The van der Waals surface area contributed by atoms with Crippen molar-refractivity contribution in [2.75, 3.05) is 40.7 Å². The number of hydrogen-bond donors (Lipinski definition) is 1. The fourth-order valence-corrected chi connectivity index (χ4v) is 4.53. The van der Waals surface area contributed by atoms with E-state index in [0.29, 0.717) is 42.2 Å². The zero-order chi connectivity index (χ0) is 23.4. The summed E-state index contributed by atoms with van der Waals surface area (Å²) in [6.07, 6.45) is 5.29. The number of rotatable bonds is 10. The lowest BCUT2D eigenvalue weighted by Gasteiger charge is -2.28. The van der Waals surface area contributed by atoms with Crippen molar-refractivity contribution >= 4 is 15.9 Å². The van der Waals surface area contributed by atoms with Crippen molar-refractivity contribution in [2.24, 2.45) is 0 Å². The second-order valence-electron chi connectivity index (χ2n) is 7.68. The lowest BCUT2D eigenvalue weighted by Crippen LogP contribution is -2.31. The number of hydrogen-bond acceptors (Lipinski definition) is 9. The maximum Gasteiger partial charge on any atom is 0.264 e. The first-order valence-electron chi connectivity index (χ1n) is 10.1. The molecule has 0 amide bonds. The predicted octanol–water partition coefficient (Wildman–Crippen LogP) is 1.96. The SMILES string of the molecule is COc1ccc(C(=O)C2CC(CCOS(C)(=O)=O)(c3cccnc3)CN2)c(OC)c1OC. The summed E-state index contributed by atoms with van der Waals surface area (Å²) in [4.78, 5) is 17.7. The Kier molecular flexibility index (Phi) is 7.37. The molecule has 9 nitrogen and oxygen atoms in total. The molecule has 0 bridgehead atoms. The van der Waals surface area contributed by atoms with Crippen LogP contribution in [0.1, 0.15) is 28.8 Å². The van der Waals surface area contributed by atoms with Gasteiger partial charge in [-0.25, -0.2) is 0 Å². The van der Waals surface area contributed by atoms with Crippen molar-refractivity contribution in [3.05, 3.63) is 47.8 Å². The molecule has 0 radical (unpaired) electrons. The highest BCUT2D eigenvalue weighted by Crippen LogP contribution is 2.42. The van der Waals surface area contributed by atoms with E-state index in [1.807, 2.05) is 12.1 Å². The van der Waals surface area contributed by atoms with Gasteiger partial charge in [-0.2, -0.15) is 8.42 Å². The van der Waals surface area contributed by atoms with Gasteiger partial charge in [-0.3, -0.25) is 14.0 Å². The summed E-state index contributed by atoms with van der Waals surface area (Å²) in [5.41, 5.74) is 0.777. The Morgan fingerprint density at radius 1 is 1.16 bits per heavy atom. The van der Waals surface area contributed by atoms with E-state index in [0.717, 1.165) is 11.8 Å². The maximum absolute atomic E-state index is 13.5. The maximum atomic E-state index is 13.5. The molecular weight excluding hydrogens is 436 g/mol. The predicted molar refractivity (Wildman–Crippen MR) is 118 cm³/mol. The Labute approximate surface area is 188 Å². The molecule has 10 heteroatoms. The lowest BCUT2D eigenvalue weighted by molar-refractivity contribution is 0.0944. The van der Waals surface area contributed by atoms with Crippen molar-refractivity contribution in [1.29, 1.82) is 0 Å². The second-order valence-corrected chi connectivity index (χ2v) is 9.33. The third kappa shape index (κ3) is 5.03. The quantitative estimate of drug-likeness (QED) is 0.416. The Hall–Kier alpha value is -2.69. The highest BCUT2D eigenvalue weighted by molar-refractivity contribution is 7.85. The van der Waals surface area contributed by atoms with Crippen LogP contribution >= 0.6 is 0 Å². The Bertz CT molecular complexity index is 1060. The van der Waals surface area contributed by atoms with Gasteiger partial charge in [0, 0.05) is 24.4 Å².